The molecule has 52 valence electrons. The van der Waals surface area contributed by atoms with E-state index in [0.717, 1.165) is 6.42 Å². The van der Waals surface area contributed by atoms with Crippen molar-refractivity contribution in [1.29, 1.82) is 0 Å². The molecule has 0 bridgehead atoms. The van der Waals surface area contributed by atoms with Crippen LogP contribution in [0.15, 0.2) is 0 Å². The molecule has 0 saturated carbocycles. The highest BCUT2D eigenvalue weighted by Gasteiger charge is 2.23. The topological polar surface area (TPSA) is 49.3 Å². The Balaban J connectivity index is 2.39. The summed E-state index contributed by atoms with van der Waals surface area (Å²) in [5.74, 6) is 0.0564. The molecule has 1 aliphatic heterocycles. The van der Waals surface area contributed by atoms with Crippen molar-refractivity contribution in [2.75, 3.05) is 0 Å². The predicted molar refractivity (Wildman–Crippen MR) is 32.8 cm³/mol. The van der Waals surface area contributed by atoms with Gasteiger partial charge in [-0.25, -0.2) is 0 Å². The van der Waals surface area contributed by atoms with Crippen molar-refractivity contribution >= 4 is 5.91 Å². The second-order valence-electron chi connectivity index (χ2n) is 2.45. The van der Waals surface area contributed by atoms with Gasteiger partial charge in [0.25, 0.3) is 0 Å². The lowest BCUT2D eigenvalue weighted by Crippen LogP contribution is -2.34. The summed E-state index contributed by atoms with van der Waals surface area (Å²) in [4.78, 5) is 10.5. The number of hydrogen-bond donors (Lipinski definition) is 2. The average molecular weight is 129 g/mol. The molecule has 3 nitrogen and oxygen atoms in total. The van der Waals surface area contributed by atoms with Gasteiger partial charge in [-0.3, -0.25) is 4.79 Å². The maximum atomic E-state index is 10.5. The molecule has 0 unspecified atom stereocenters. The molecule has 2 N–H and O–H groups in total. The van der Waals surface area contributed by atoms with E-state index < -0.39 is 6.10 Å². The van der Waals surface area contributed by atoms with E-state index in [2.05, 4.69) is 5.32 Å². The van der Waals surface area contributed by atoms with Crippen LogP contribution in [0.25, 0.3) is 0 Å². The van der Waals surface area contributed by atoms with Crippen LogP contribution in [0.2, 0.25) is 0 Å². The van der Waals surface area contributed by atoms with Crippen LogP contribution in [0.1, 0.15) is 19.8 Å². The number of aliphatic hydroxyl groups is 1. The van der Waals surface area contributed by atoms with Gasteiger partial charge in [-0.2, -0.15) is 0 Å². The van der Waals surface area contributed by atoms with E-state index in [1.807, 2.05) is 0 Å². The van der Waals surface area contributed by atoms with Gasteiger partial charge in [0.1, 0.15) is 0 Å². The summed E-state index contributed by atoms with van der Waals surface area (Å²) in [7, 11) is 0. The molecule has 0 aliphatic carbocycles. The molecule has 0 radical (unpaired) electrons. The van der Waals surface area contributed by atoms with Crippen molar-refractivity contribution in [3.05, 3.63) is 0 Å². The van der Waals surface area contributed by atoms with Crippen LogP contribution in [-0.4, -0.2) is 23.2 Å². The molecule has 1 aliphatic rings. The average Bonchev–Trinajstić information content (AvgIpc) is 2.14. The third kappa shape index (κ3) is 1.42. The van der Waals surface area contributed by atoms with Crippen LogP contribution in [-0.2, 0) is 4.79 Å². The van der Waals surface area contributed by atoms with Gasteiger partial charge in [-0.05, 0) is 13.3 Å². The molecule has 0 aromatic heterocycles. The third-order valence-electron chi connectivity index (χ3n) is 1.61. The lowest BCUT2D eigenvalue weighted by molar-refractivity contribution is -0.119. The number of carbonyl (C=O) groups excluding carboxylic acids is 1. The quantitative estimate of drug-likeness (QED) is 0.508. The Morgan fingerprint density at radius 2 is 2.56 bits per heavy atom. The summed E-state index contributed by atoms with van der Waals surface area (Å²) < 4.78 is 0. The lowest BCUT2D eigenvalue weighted by atomic mass is 10.1. The number of rotatable bonds is 1. The standard InChI is InChI=1S/C6H11NO2/c1-4(8)5-2-3-6(9)7-5/h4-5,8H,2-3H2,1H3,(H,7,9)/t4-,5+/m1/s1. The summed E-state index contributed by atoms with van der Waals surface area (Å²) in [6.07, 6.45) is 0.933. The maximum absolute atomic E-state index is 10.5. The minimum absolute atomic E-state index is 0.00231. The molecular formula is C6H11NO2. The molecule has 3 heteroatoms. The van der Waals surface area contributed by atoms with Crippen LogP contribution in [0.4, 0.5) is 0 Å². The third-order valence-corrected chi connectivity index (χ3v) is 1.61. The number of amides is 1. The number of aliphatic hydroxyl groups excluding tert-OH is 1. The highest BCUT2D eigenvalue weighted by Crippen LogP contribution is 2.09. The van der Waals surface area contributed by atoms with Crippen LogP contribution >= 0.6 is 0 Å². The summed E-state index contributed by atoms with van der Waals surface area (Å²) >= 11 is 0. The fourth-order valence-corrected chi connectivity index (χ4v) is 1.000. The zero-order valence-electron chi connectivity index (χ0n) is 5.42. The van der Waals surface area contributed by atoms with Gasteiger partial charge < -0.3 is 10.4 Å². The van der Waals surface area contributed by atoms with E-state index in [1.165, 1.54) is 0 Å². The molecule has 1 heterocycles. The molecule has 9 heavy (non-hydrogen) atoms. The lowest BCUT2D eigenvalue weighted by Gasteiger charge is -2.11. The van der Waals surface area contributed by atoms with Crippen molar-refractivity contribution in [1.82, 2.24) is 5.32 Å². The van der Waals surface area contributed by atoms with Crippen LogP contribution in [0.5, 0.6) is 0 Å². The number of carbonyl (C=O) groups is 1. The Morgan fingerprint density at radius 1 is 1.89 bits per heavy atom. The molecule has 1 rings (SSSR count). The van der Waals surface area contributed by atoms with Crippen molar-refractivity contribution < 1.29 is 9.90 Å². The van der Waals surface area contributed by atoms with Crippen molar-refractivity contribution in [2.24, 2.45) is 0 Å². The minimum atomic E-state index is -0.406. The second kappa shape index (κ2) is 2.35. The monoisotopic (exact) mass is 129 g/mol. The smallest absolute Gasteiger partial charge is 0.220 e. The second-order valence-corrected chi connectivity index (χ2v) is 2.45. The molecule has 0 spiro atoms. The van der Waals surface area contributed by atoms with E-state index >= 15 is 0 Å². The highest BCUT2D eigenvalue weighted by atomic mass is 16.3. The fraction of sp³-hybridized carbons (Fsp3) is 0.833. The zero-order valence-corrected chi connectivity index (χ0v) is 5.42. The summed E-state index contributed by atoms with van der Waals surface area (Å²) in [5, 5.41) is 11.6. The van der Waals surface area contributed by atoms with Gasteiger partial charge in [0.05, 0.1) is 12.1 Å². The van der Waals surface area contributed by atoms with E-state index in [9.17, 15) is 4.79 Å². The zero-order chi connectivity index (χ0) is 6.85. The van der Waals surface area contributed by atoms with Crippen molar-refractivity contribution in [3.63, 3.8) is 0 Å². The summed E-state index contributed by atoms with van der Waals surface area (Å²) in [6, 6.07) is -0.00231. The Kier molecular flexibility index (Phi) is 1.71. The van der Waals surface area contributed by atoms with Crippen LogP contribution in [0.3, 0.4) is 0 Å². The molecule has 0 aromatic carbocycles. The molecule has 2 atom stereocenters. The van der Waals surface area contributed by atoms with Crippen LogP contribution in [0, 0.1) is 0 Å². The molecular weight excluding hydrogens is 118 g/mol. The first-order chi connectivity index (χ1) is 4.20. The molecule has 1 saturated heterocycles. The van der Waals surface area contributed by atoms with Gasteiger partial charge in [-0.1, -0.05) is 0 Å². The first kappa shape index (κ1) is 6.55. The SMILES string of the molecule is C[C@@H](O)[C@@H]1CCC(=O)N1. The van der Waals surface area contributed by atoms with Crippen molar-refractivity contribution in [3.8, 4) is 0 Å². The number of hydrogen-bond acceptors (Lipinski definition) is 2. The van der Waals surface area contributed by atoms with E-state index in [1.54, 1.807) is 6.92 Å². The molecule has 1 amide bonds. The van der Waals surface area contributed by atoms with Gasteiger partial charge in [0.2, 0.25) is 5.91 Å². The maximum Gasteiger partial charge on any atom is 0.220 e. The van der Waals surface area contributed by atoms with E-state index in [4.69, 9.17) is 5.11 Å². The Hall–Kier alpha value is -0.570. The Bertz CT molecular complexity index is 122. The van der Waals surface area contributed by atoms with E-state index in [-0.39, 0.29) is 11.9 Å². The predicted octanol–water partition coefficient (Wildman–Crippen LogP) is -0.354. The largest absolute Gasteiger partial charge is 0.391 e. The van der Waals surface area contributed by atoms with Crippen molar-refractivity contribution in [2.45, 2.75) is 31.9 Å². The molecule has 1 fully saturated rings. The van der Waals surface area contributed by atoms with Gasteiger partial charge in [0, 0.05) is 6.42 Å². The van der Waals surface area contributed by atoms with Gasteiger partial charge in [-0.15, -0.1) is 0 Å². The fourth-order valence-electron chi connectivity index (χ4n) is 1.000. The molecule has 0 aromatic rings. The summed E-state index contributed by atoms with van der Waals surface area (Å²) in [5.41, 5.74) is 0. The Labute approximate surface area is 54.1 Å². The highest BCUT2D eigenvalue weighted by molar-refractivity contribution is 5.78. The Morgan fingerprint density at radius 3 is 2.78 bits per heavy atom. The normalized spacial score (nSPS) is 30.0. The minimum Gasteiger partial charge on any atom is -0.391 e. The summed E-state index contributed by atoms with van der Waals surface area (Å²) in [6.45, 7) is 1.69. The first-order valence-electron chi connectivity index (χ1n) is 3.17. The van der Waals surface area contributed by atoms with Crippen LogP contribution < -0.4 is 5.32 Å². The van der Waals surface area contributed by atoms with Gasteiger partial charge >= 0.3 is 0 Å². The number of nitrogens with one attached hydrogen (secondary N) is 1. The van der Waals surface area contributed by atoms with Gasteiger partial charge in [0.15, 0.2) is 0 Å². The van der Waals surface area contributed by atoms with E-state index in [0.29, 0.717) is 6.42 Å². The first-order valence-corrected chi connectivity index (χ1v) is 3.17.